The number of hydrogen-bond donors (Lipinski definition) is 1. The van der Waals surface area contributed by atoms with Gasteiger partial charge in [0.2, 0.25) is 0 Å². The summed E-state index contributed by atoms with van der Waals surface area (Å²) in [6, 6.07) is 4.47. The lowest BCUT2D eigenvalue weighted by atomic mass is 10.1. The number of sulfonamides is 1. The van der Waals surface area contributed by atoms with E-state index >= 15 is 0 Å². The highest BCUT2D eigenvalue weighted by Gasteiger charge is 2.21. The van der Waals surface area contributed by atoms with Crippen LogP contribution in [-0.2, 0) is 14.8 Å². The van der Waals surface area contributed by atoms with Gasteiger partial charge < -0.3 is 9.64 Å². The first-order valence-electron chi connectivity index (χ1n) is 7.17. The molecule has 0 aromatic heterocycles. The second-order valence-electron chi connectivity index (χ2n) is 4.91. The van der Waals surface area contributed by atoms with Crippen LogP contribution in [0, 0.1) is 5.82 Å². The molecule has 1 amide bonds. The van der Waals surface area contributed by atoms with Crippen molar-refractivity contribution in [2.45, 2.75) is 24.7 Å². The van der Waals surface area contributed by atoms with Crippen molar-refractivity contribution in [1.29, 1.82) is 0 Å². The summed E-state index contributed by atoms with van der Waals surface area (Å²) in [5, 5.41) is 3.90. The highest BCUT2D eigenvalue weighted by molar-refractivity contribution is 7.89. The van der Waals surface area contributed by atoms with Crippen LogP contribution in [0.15, 0.2) is 34.3 Å². The van der Waals surface area contributed by atoms with E-state index in [1.165, 1.54) is 12.1 Å². The van der Waals surface area contributed by atoms with Gasteiger partial charge in [-0.2, -0.15) is 13.5 Å². The Bertz CT molecular complexity index is 678. The number of carbonyl (C=O) groups is 1. The number of benzene rings is 1. The van der Waals surface area contributed by atoms with Gasteiger partial charge in [-0.05, 0) is 31.2 Å². The molecule has 0 atom stereocenters. The Morgan fingerprint density at radius 1 is 1.30 bits per heavy atom. The van der Waals surface area contributed by atoms with Crippen molar-refractivity contribution in [3.63, 3.8) is 0 Å². The van der Waals surface area contributed by atoms with Crippen LogP contribution in [0.4, 0.5) is 9.18 Å². The number of ether oxygens (including phenoxy) is 1. The maximum absolute atomic E-state index is 12.8. The third-order valence-electron chi connectivity index (χ3n) is 3.31. The molecule has 1 aromatic carbocycles. The molecule has 1 heterocycles. The SMILES string of the molecule is CCOC(=O)N1CCC(=NNS(=O)(=O)c2ccc(F)cc2)CC1. The van der Waals surface area contributed by atoms with Crippen molar-refractivity contribution in [2.75, 3.05) is 19.7 Å². The average Bonchev–Trinajstić information content (AvgIpc) is 2.54. The van der Waals surface area contributed by atoms with Gasteiger partial charge in [-0.1, -0.05) is 0 Å². The molecule has 0 saturated carbocycles. The monoisotopic (exact) mass is 343 g/mol. The first-order chi connectivity index (χ1) is 10.9. The number of piperidine rings is 1. The number of rotatable bonds is 4. The van der Waals surface area contributed by atoms with Gasteiger partial charge in [0.15, 0.2) is 0 Å². The first kappa shape index (κ1) is 17.2. The van der Waals surface area contributed by atoms with E-state index in [0.29, 0.717) is 38.2 Å². The number of nitrogens with one attached hydrogen (secondary N) is 1. The molecule has 1 aliphatic heterocycles. The quantitative estimate of drug-likeness (QED) is 0.843. The standard InChI is InChI=1S/C14H18FN3O4S/c1-2-22-14(19)18-9-7-12(8-10-18)16-17-23(20,21)13-5-3-11(15)4-6-13/h3-6,17H,2,7-10H2,1H3. The van der Waals surface area contributed by atoms with Gasteiger partial charge in [-0.15, -0.1) is 0 Å². The molecule has 0 aliphatic carbocycles. The number of halogens is 1. The molecule has 9 heteroatoms. The Balaban J connectivity index is 1.94. The Morgan fingerprint density at radius 3 is 2.48 bits per heavy atom. The topological polar surface area (TPSA) is 88.1 Å². The fraction of sp³-hybridized carbons (Fsp3) is 0.429. The summed E-state index contributed by atoms with van der Waals surface area (Å²) in [6.07, 6.45) is 0.550. The maximum Gasteiger partial charge on any atom is 0.409 e. The largest absolute Gasteiger partial charge is 0.450 e. The molecule has 0 unspecified atom stereocenters. The number of hydrogen-bond acceptors (Lipinski definition) is 5. The Labute approximate surface area is 134 Å². The van der Waals surface area contributed by atoms with E-state index in [-0.39, 0.29) is 11.0 Å². The number of hydrazone groups is 1. The van der Waals surface area contributed by atoms with Gasteiger partial charge in [-0.25, -0.2) is 14.0 Å². The molecule has 1 N–H and O–H groups in total. The van der Waals surface area contributed by atoms with E-state index in [1.807, 2.05) is 0 Å². The molecule has 7 nitrogen and oxygen atoms in total. The smallest absolute Gasteiger partial charge is 0.409 e. The van der Waals surface area contributed by atoms with Crippen molar-refractivity contribution < 1.29 is 22.3 Å². The number of amides is 1. The molecule has 1 fully saturated rings. The normalized spacial score (nSPS) is 15.2. The minimum absolute atomic E-state index is 0.0628. The predicted molar refractivity (Wildman–Crippen MR) is 82.0 cm³/mol. The van der Waals surface area contributed by atoms with Crippen LogP contribution >= 0.6 is 0 Å². The zero-order chi connectivity index (χ0) is 16.9. The molecule has 1 aromatic rings. The van der Waals surface area contributed by atoms with Gasteiger partial charge in [-0.3, -0.25) is 0 Å². The number of nitrogens with zero attached hydrogens (tertiary/aromatic N) is 2. The third kappa shape index (κ3) is 4.65. The fourth-order valence-corrected chi connectivity index (χ4v) is 2.91. The molecular weight excluding hydrogens is 325 g/mol. The van der Waals surface area contributed by atoms with Crippen LogP contribution in [0.3, 0.4) is 0 Å². The molecule has 126 valence electrons. The Kier molecular flexibility index (Phi) is 5.54. The minimum Gasteiger partial charge on any atom is -0.450 e. The summed E-state index contributed by atoms with van der Waals surface area (Å²) in [7, 11) is -3.82. The van der Waals surface area contributed by atoms with Crippen molar-refractivity contribution in [3.05, 3.63) is 30.1 Å². The van der Waals surface area contributed by atoms with Crippen LogP contribution in [0.5, 0.6) is 0 Å². The highest BCUT2D eigenvalue weighted by atomic mass is 32.2. The van der Waals surface area contributed by atoms with Crippen molar-refractivity contribution in [2.24, 2.45) is 5.10 Å². The molecule has 1 saturated heterocycles. The zero-order valence-electron chi connectivity index (χ0n) is 12.7. The van der Waals surface area contributed by atoms with Gasteiger partial charge in [0.05, 0.1) is 11.5 Å². The fourth-order valence-electron chi connectivity index (χ4n) is 2.07. The van der Waals surface area contributed by atoms with E-state index in [0.717, 1.165) is 12.1 Å². The molecule has 2 rings (SSSR count). The van der Waals surface area contributed by atoms with E-state index < -0.39 is 15.8 Å². The summed E-state index contributed by atoms with van der Waals surface area (Å²) in [6.45, 7) is 2.90. The lowest BCUT2D eigenvalue weighted by Crippen LogP contribution is -2.39. The predicted octanol–water partition coefficient (Wildman–Crippen LogP) is 1.71. The summed E-state index contributed by atoms with van der Waals surface area (Å²) in [4.78, 5) is 15.2. The number of carbonyl (C=O) groups excluding carboxylic acids is 1. The highest BCUT2D eigenvalue weighted by Crippen LogP contribution is 2.11. The second kappa shape index (κ2) is 7.40. The number of likely N-dealkylation sites (tertiary alicyclic amines) is 1. The van der Waals surface area contributed by atoms with Crippen LogP contribution in [0.1, 0.15) is 19.8 Å². The average molecular weight is 343 g/mol. The lowest BCUT2D eigenvalue weighted by Gasteiger charge is -2.26. The lowest BCUT2D eigenvalue weighted by molar-refractivity contribution is 0.107. The van der Waals surface area contributed by atoms with Crippen LogP contribution in [-0.4, -0.2) is 44.8 Å². The van der Waals surface area contributed by atoms with Gasteiger partial charge in [0.1, 0.15) is 5.82 Å². The third-order valence-corrected chi connectivity index (χ3v) is 4.54. The van der Waals surface area contributed by atoms with Crippen LogP contribution < -0.4 is 4.83 Å². The molecule has 23 heavy (non-hydrogen) atoms. The van der Waals surface area contributed by atoms with Crippen molar-refractivity contribution >= 4 is 21.8 Å². The molecule has 0 radical (unpaired) electrons. The van der Waals surface area contributed by atoms with E-state index in [1.54, 1.807) is 11.8 Å². The summed E-state index contributed by atoms with van der Waals surface area (Å²) in [5.74, 6) is -0.512. The minimum atomic E-state index is -3.82. The zero-order valence-corrected chi connectivity index (χ0v) is 13.5. The first-order valence-corrected chi connectivity index (χ1v) is 8.65. The molecular formula is C14H18FN3O4S. The molecule has 0 bridgehead atoms. The van der Waals surface area contributed by atoms with Crippen LogP contribution in [0.2, 0.25) is 0 Å². The van der Waals surface area contributed by atoms with E-state index in [2.05, 4.69) is 9.93 Å². The molecule has 0 spiro atoms. The van der Waals surface area contributed by atoms with Crippen molar-refractivity contribution in [1.82, 2.24) is 9.73 Å². The molecule has 1 aliphatic rings. The summed E-state index contributed by atoms with van der Waals surface area (Å²) >= 11 is 0. The van der Waals surface area contributed by atoms with Crippen molar-refractivity contribution in [3.8, 4) is 0 Å². The van der Waals surface area contributed by atoms with E-state index in [9.17, 15) is 17.6 Å². The van der Waals surface area contributed by atoms with Gasteiger partial charge in [0.25, 0.3) is 10.0 Å². The summed E-state index contributed by atoms with van der Waals surface area (Å²) in [5.41, 5.74) is 0.649. The van der Waals surface area contributed by atoms with Gasteiger partial charge >= 0.3 is 6.09 Å². The van der Waals surface area contributed by atoms with Gasteiger partial charge in [0, 0.05) is 31.6 Å². The maximum atomic E-state index is 12.8. The Morgan fingerprint density at radius 2 is 1.91 bits per heavy atom. The van der Waals surface area contributed by atoms with Crippen LogP contribution in [0.25, 0.3) is 0 Å². The summed E-state index contributed by atoms with van der Waals surface area (Å²) < 4.78 is 41.8. The van der Waals surface area contributed by atoms with E-state index in [4.69, 9.17) is 4.74 Å². The Hall–Kier alpha value is -2.16. The second-order valence-corrected chi connectivity index (χ2v) is 6.57.